The molecule has 1 aromatic carbocycles. The molecule has 5 heteroatoms. The van der Waals surface area contributed by atoms with Gasteiger partial charge in [0.1, 0.15) is 0 Å². The lowest BCUT2D eigenvalue weighted by molar-refractivity contribution is 0.245. The summed E-state index contributed by atoms with van der Waals surface area (Å²) in [5.74, 6) is 1.42. The molecule has 21 heavy (non-hydrogen) atoms. The van der Waals surface area contributed by atoms with Crippen molar-refractivity contribution >= 4 is 0 Å². The van der Waals surface area contributed by atoms with Crippen molar-refractivity contribution in [1.82, 2.24) is 19.9 Å². The Hall–Kier alpha value is -1.72. The van der Waals surface area contributed by atoms with Gasteiger partial charge in [-0.3, -0.25) is 4.90 Å². The van der Waals surface area contributed by atoms with E-state index in [0.29, 0.717) is 5.82 Å². The maximum atomic E-state index is 5.46. The summed E-state index contributed by atoms with van der Waals surface area (Å²) in [5.41, 5.74) is 2.29. The molecule has 0 radical (unpaired) electrons. The number of rotatable bonds is 4. The Morgan fingerprint density at radius 2 is 2.05 bits per heavy atom. The van der Waals surface area contributed by atoms with E-state index in [-0.39, 0.29) is 6.04 Å². The zero-order chi connectivity index (χ0) is 14.8. The summed E-state index contributed by atoms with van der Waals surface area (Å²) in [5, 5.41) is 4.13. The molecule has 0 aliphatic carbocycles. The summed E-state index contributed by atoms with van der Waals surface area (Å²) in [7, 11) is 6.24. The fraction of sp³-hybridized carbons (Fsp3) is 0.500. The van der Waals surface area contributed by atoms with Crippen molar-refractivity contribution in [2.24, 2.45) is 0 Å². The standard InChI is InChI=1S/C16H22N4O/c1-19(2)11-12-6-8-13(9-7-12)15-17-16(21-18-15)14-5-4-10-20(14)3/h6-9,14H,4-5,10-11H2,1-3H3/t14-/m1/s1. The molecule has 1 fully saturated rings. The van der Waals surface area contributed by atoms with E-state index in [2.05, 4.69) is 65.3 Å². The number of hydrogen-bond donors (Lipinski definition) is 0. The molecule has 1 saturated heterocycles. The van der Waals surface area contributed by atoms with E-state index in [1.807, 2.05) is 0 Å². The molecule has 1 atom stereocenters. The zero-order valence-electron chi connectivity index (χ0n) is 12.9. The summed E-state index contributed by atoms with van der Waals surface area (Å²) in [6, 6.07) is 8.64. The van der Waals surface area contributed by atoms with Crippen molar-refractivity contribution in [3.8, 4) is 11.4 Å². The lowest BCUT2D eigenvalue weighted by atomic mass is 10.1. The minimum atomic E-state index is 0.277. The third kappa shape index (κ3) is 3.14. The summed E-state index contributed by atoms with van der Waals surface area (Å²) < 4.78 is 5.46. The normalized spacial score (nSPS) is 19.5. The highest BCUT2D eigenvalue weighted by atomic mass is 16.5. The minimum absolute atomic E-state index is 0.277. The molecule has 2 aromatic rings. The Morgan fingerprint density at radius 1 is 1.29 bits per heavy atom. The van der Waals surface area contributed by atoms with Crippen molar-refractivity contribution < 1.29 is 4.52 Å². The highest BCUT2D eigenvalue weighted by molar-refractivity contribution is 5.54. The predicted molar refractivity (Wildman–Crippen MR) is 81.7 cm³/mol. The van der Waals surface area contributed by atoms with Crippen LogP contribution in [0.4, 0.5) is 0 Å². The van der Waals surface area contributed by atoms with Crippen LogP contribution in [0.3, 0.4) is 0 Å². The molecule has 5 nitrogen and oxygen atoms in total. The summed E-state index contributed by atoms with van der Waals surface area (Å²) in [4.78, 5) is 9.00. The van der Waals surface area contributed by atoms with Crippen LogP contribution in [0.1, 0.15) is 30.3 Å². The van der Waals surface area contributed by atoms with Crippen molar-refractivity contribution in [1.29, 1.82) is 0 Å². The maximum Gasteiger partial charge on any atom is 0.244 e. The molecule has 112 valence electrons. The molecule has 3 rings (SSSR count). The molecule has 1 aliphatic heterocycles. The fourth-order valence-corrected chi connectivity index (χ4v) is 2.83. The highest BCUT2D eigenvalue weighted by Crippen LogP contribution is 2.30. The van der Waals surface area contributed by atoms with Crippen LogP contribution in [0.25, 0.3) is 11.4 Å². The first-order valence-electron chi connectivity index (χ1n) is 7.41. The van der Waals surface area contributed by atoms with E-state index in [0.717, 1.165) is 31.0 Å². The molecule has 0 amide bonds. The van der Waals surface area contributed by atoms with Crippen LogP contribution >= 0.6 is 0 Å². The van der Waals surface area contributed by atoms with Crippen LogP contribution in [0.5, 0.6) is 0 Å². The zero-order valence-corrected chi connectivity index (χ0v) is 12.9. The van der Waals surface area contributed by atoms with E-state index in [4.69, 9.17) is 4.52 Å². The van der Waals surface area contributed by atoms with Gasteiger partial charge in [0, 0.05) is 12.1 Å². The smallest absolute Gasteiger partial charge is 0.244 e. The maximum absolute atomic E-state index is 5.46. The van der Waals surface area contributed by atoms with Crippen LogP contribution in [-0.4, -0.2) is 47.6 Å². The average Bonchev–Trinajstić information content (AvgIpc) is 3.07. The van der Waals surface area contributed by atoms with Gasteiger partial charge in [0.15, 0.2) is 0 Å². The fourth-order valence-electron chi connectivity index (χ4n) is 2.83. The molecule has 0 N–H and O–H groups in total. The second kappa shape index (κ2) is 5.95. The van der Waals surface area contributed by atoms with Gasteiger partial charge < -0.3 is 9.42 Å². The van der Waals surface area contributed by atoms with Gasteiger partial charge >= 0.3 is 0 Å². The lowest BCUT2D eigenvalue weighted by Crippen LogP contribution is -2.17. The third-order valence-corrected chi connectivity index (χ3v) is 3.96. The van der Waals surface area contributed by atoms with Crippen molar-refractivity contribution in [2.75, 3.05) is 27.7 Å². The van der Waals surface area contributed by atoms with Gasteiger partial charge in [0.2, 0.25) is 11.7 Å². The topological polar surface area (TPSA) is 45.4 Å². The Kier molecular flexibility index (Phi) is 4.03. The molecule has 0 saturated carbocycles. The molecular formula is C16H22N4O. The minimum Gasteiger partial charge on any atom is -0.337 e. The lowest BCUT2D eigenvalue weighted by Gasteiger charge is -2.14. The van der Waals surface area contributed by atoms with Crippen LogP contribution in [0.2, 0.25) is 0 Å². The molecule has 1 aliphatic rings. The second-order valence-electron chi connectivity index (χ2n) is 6.03. The Morgan fingerprint density at radius 3 is 2.67 bits per heavy atom. The number of benzene rings is 1. The van der Waals surface area contributed by atoms with Gasteiger partial charge in [-0.1, -0.05) is 29.4 Å². The number of hydrogen-bond acceptors (Lipinski definition) is 5. The molecule has 0 unspecified atom stereocenters. The van der Waals surface area contributed by atoms with E-state index in [9.17, 15) is 0 Å². The van der Waals surface area contributed by atoms with Crippen LogP contribution < -0.4 is 0 Å². The Labute approximate surface area is 125 Å². The first-order valence-corrected chi connectivity index (χ1v) is 7.41. The van der Waals surface area contributed by atoms with Crippen molar-refractivity contribution in [2.45, 2.75) is 25.4 Å². The van der Waals surface area contributed by atoms with Gasteiger partial charge in [-0.05, 0) is 46.1 Å². The van der Waals surface area contributed by atoms with Crippen LogP contribution in [0, 0.1) is 0 Å². The Bertz CT molecular complexity index is 591. The van der Waals surface area contributed by atoms with Gasteiger partial charge in [0.25, 0.3) is 0 Å². The van der Waals surface area contributed by atoms with Crippen LogP contribution in [-0.2, 0) is 6.54 Å². The van der Waals surface area contributed by atoms with Gasteiger partial charge in [-0.25, -0.2) is 0 Å². The van der Waals surface area contributed by atoms with Crippen molar-refractivity contribution in [3.63, 3.8) is 0 Å². The van der Waals surface area contributed by atoms with Crippen LogP contribution in [0.15, 0.2) is 28.8 Å². The third-order valence-electron chi connectivity index (χ3n) is 3.96. The summed E-state index contributed by atoms with van der Waals surface area (Å²) in [6.45, 7) is 2.03. The quantitative estimate of drug-likeness (QED) is 0.864. The van der Waals surface area contributed by atoms with E-state index < -0.39 is 0 Å². The molecule has 0 bridgehead atoms. The van der Waals surface area contributed by atoms with Gasteiger partial charge in [0.05, 0.1) is 6.04 Å². The monoisotopic (exact) mass is 286 g/mol. The first-order chi connectivity index (χ1) is 10.1. The SMILES string of the molecule is CN(C)Cc1ccc(-c2noc([C@H]3CCCN3C)n2)cc1. The average molecular weight is 286 g/mol. The molecule has 1 aromatic heterocycles. The van der Waals surface area contributed by atoms with Crippen molar-refractivity contribution in [3.05, 3.63) is 35.7 Å². The van der Waals surface area contributed by atoms with Gasteiger partial charge in [-0.15, -0.1) is 0 Å². The molecular weight excluding hydrogens is 264 g/mol. The highest BCUT2D eigenvalue weighted by Gasteiger charge is 2.27. The van der Waals surface area contributed by atoms with Gasteiger partial charge in [-0.2, -0.15) is 4.98 Å². The molecule has 2 heterocycles. The predicted octanol–water partition coefficient (Wildman–Crippen LogP) is 2.56. The molecule has 0 spiro atoms. The first kappa shape index (κ1) is 14.2. The van der Waals surface area contributed by atoms with E-state index >= 15 is 0 Å². The summed E-state index contributed by atoms with van der Waals surface area (Å²) >= 11 is 0. The number of likely N-dealkylation sites (tertiary alicyclic amines) is 1. The largest absolute Gasteiger partial charge is 0.337 e. The van der Waals surface area contributed by atoms with E-state index in [1.54, 1.807) is 0 Å². The second-order valence-corrected chi connectivity index (χ2v) is 6.03. The Balaban J connectivity index is 1.76. The number of nitrogens with zero attached hydrogens (tertiary/aromatic N) is 4. The van der Waals surface area contributed by atoms with E-state index in [1.165, 1.54) is 12.0 Å². The summed E-state index contributed by atoms with van der Waals surface area (Å²) in [6.07, 6.45) is 2.29. The number of aromatic nitrogens is 2.